The number of rotatable bonds is 8. The number of piperidine rings is 1. The predicted molar refractivity (Wildman–Crippen MR) is 77.0 cm³/mol. The van der Waals surface area contributed by atoms with E-state index in [1.807, 2.05) is 6.92 Å². The number of nitrogens with zero attached hydrogens (tertiary/aromatic N) is 1. The van der Waals surface area contributed by atoms with E-state index >= 15 is 0 Å². The van der Waals surface area contributed by atoms with Crippen molar-refractivity contribution in [1.29, 1.82) is 0 Å². The molecule has 0 aliphatic carbocycles. The number of hydrogen-bond donors (Lipinski definition) is 2. The molecule has 1 saturated heterocycles. The lowest BCUT2D eigenvalue weighted by molar-refractivity contribution is 0.169. The maximum Gasteiger partial charge on any atom is 0.279 e. The van der Waals surface area contributed by atoms with Gasteiger partial charge >= 0.3 is 0 Å². The third-order valence-electron chi connectivity index (χ3n) is 3.76. The van der Waals surface area contributed by atoms with Crippen LogP contribution < -0.4 is 4.72 Å². The highest BCUT2D eigenvalue weighted by atomic mass is 32.2. The Kier molecular flexibility index (Phi) is 7.28. The van der Waals surface area contributed by atoms with E-state index in [1.165, 1.54) is 4.31 Å². The SMILES string of the molecule is CCCCCC(C)NS(=O)(=O)N1CCC(CO)CC1. The summed E-state index contributed by atoms with van der Waals surface area (Å²) in [5, 5.41) is 9.06. The van der Waals surface area contributed by atoms with Crippen molar-refractivity contribution < 1.29 is 13.5 Å². The zero-order valence-electron chi connectivity index (χ0n) is 12.1. The average molecular weight is 292 g/mol. The lowest BCUT2D eigenvalue weighted by Crippen LogP contribution is -2.47. The van der Waals surface area contributed by atoms with Crippen LogP contribution in [0.15, 0.2) is 0 Å². The van der Waals surface area contributed by atoms with Crippen LogP contribution in [0.2, 0.25) is 0 Å². The summed E-state index contributed by atoms with van der Waals surface area (Å²) in [7, 11) is -3.35. The van der Waals surface area contributed by atoms with Crippen molar-refractivity contribution in [1.82, 2.24) is 9.03 Å². The topological polar surface area (TPSA) is 69.6 Å². The highest BCUT2D eigenvalue weighted by Gasteiger charge is 2.28. The Morgan fingerprint density at radius 1 is 1.32 bits per heavy atom. The predicted octanol–water partition coefficient (Wildman–Crippen LogP) is 1.49. The standard InChI is InChI=1S/C13H28N2O3S/c1-3-4-5-6-12(2)14-19(17,18)15-9-7-13(11-16)8-10-15/h12-14,16H,3-11H2,1-2H3. The number of unbranched alkanes of at least 4 members (excludes halogenated alkanes) is 2. The fourth-order valence-corrected chi connectivity index (χ4v) is 3.89. The fraction of sp³-hybridized carbons (Fsp3) is 1.00. The summed E-state index contributed by atoms with van der Waals surface area (Å²) in [4.78, 5) is 0. The lowest BCUT2D eigenvalue weighted by atomic mass is 10.00. The molecule has 1 aliphatic rings. The van der Waals surface area contributed by atoms with Gasteiger partial charge in [-0.1, -0.05) is 26.2 Å². The van der Waals surface area contributed by atoms with E-state index < -0.39 is 10.2 Å². The number of hydrogen-bond acceptors (Lipinski definition) is 3. The van der Waals surface area contributed by atoms with Crippen LogP contribution in [0.4, 0.5) is 0 Å². The van der Waals surface area contributed by atoms with E-state index in [1.54, 1.807) is 0 Å². The minimum absolute atomic E-state index is 0.00730. The molecule has 1 atom stereocenters. The second kappa shape index (κ2) is 8.19. The number of aliphatic hydroxyl groups excluding tert-OH is 1. The van der Waals surface area contributed by atoms with Crippen LogP contribution in [-0.4, -0.2) is 43.6 Å². The molecule has 0 aromatic carbocycles. The van der Waals surface area contributed by atoms with Gasteiger partial charge in [-0.25, -0.2) is 0 Å². The molecule has 0 spiro atoms. The minimum Gasteiger partial charge on any atom is -0.396 e. The van der Waals surface area contributed by atoms with Crippen LogP contribution in [0.5, 0.6) is 0 Å². The van der Waals surface area contributed by atoms with Crippen LogP contribution in [0.25, 0.3) is 0 Å². The Morgan fingerprint density at radius 2 is 1.95 bits per heavy atom. The first-order valence-corrected chi connectivity index (χ1v) is 8.81. The molecule has 0 saturated carbocycles. The zero-order valence-corrected chi connectivity index (χ0v) is 13.0. The molecule has 6 heteroatoms. The van der Waals surface area contributed by atoms with E-state index in [9.17, 15) is 8.42 Å². The molecule has 114 valence electrons. The van der Waals surface area contributed by atoms with Crippen LogP contribution >= 0.6 is 0 Å². The molecule has 19 heavy (non-hydrogen) atoms. The molecule has 1 fully saturated rings. The smallest absolute Gasteiger partial charge is 0.279 e. The van der Waals surface area contributed by atoms with Crippen molar-refractivity contribution in [2.24, 2.45) is 5.92 Å². The van der Waals surface area contributed by atoms with Gasteiger partial charge in [0.05, 0.1) is 0 Å². The average Bonchev–Trinajstić information content (AvgIpc) is 2.38. The Balaban J connectivity index is 2.39. The molecule has 1 rings (SSSR count). The first-order chi connectivity index (χ1) is 8.99. The van der Waals surface area contributed by atoms with Crippen molar-refractivity contribution in [2.75, 3.05) is 19.7 Å². The fourth-order valence-electron chi connectivity index (χ4n) is 2.42. The second-order valence-electron chi connectivity index (χ2n) is 5.54. The molecule has 0 aromatic heterocycles. The Morgan fingerprint density at radius 3 is 2.47 bits per heavy atom. The van der Waals surface area contributed by atoms with Gasteiger partial charge < -0.3 is 5.11 Å². The van der Waals surface area contributed by atoms with E-state index in [0.717, 1.165) is 38.5 Å². The van der Waals surface area contributed by atoms with Crippen molar-refractivity contribution in [3.8, 4) is 0 Å². The molecule has 5 nitrogen and oxygen atoms in total. The maximum absolute atomic E-state index is 12.2. The summed E-state index contributed by atoms with van der Waals surface area (Å²) in [6.45, 7) is 5.26. The third-order valence-corrected chi connectivity index (χ3v) is 5.51. The Labute approximate surface area is 117 Å². The summed E-state index contributed by atoms with van der Waals surface area (Å²) in [6.07, 6.45) is 5.75. The second-order valence-corrected chi connectivity index (χ2v) is 7.25. The molecule has 1 aliphatic heterocycles. The quantitative estimate of drug-likeness (QED) is 0.666. The van der Waals surface area contributed by atoms with Gasteiger partial charge in [0.15, 0.2) is 0 Å². The van der Waals surface area contributed by atoms with Gasteiger partial charge in [-0.05, 0) is 32.1 Å². The molecule has 1 heterocycles. The highest BCUT2D eigenvalue weighted by Crippen LogP contribution is 2.18. The largest absolute Gasteiger partial charge is 0.396 e. The number of aliphatic hydroxyl groups is 1. The minimum atomic E-state index is -3.35. The normalized spacial score (nSPS) is 20.6. The van der Waals surface area contributed by atoms with Gasteiger partial charge in [-0.3, -0.25) is 0 Å². The van der Waals surface area contributed by atoms with E-state index in [4.69, 9.17) is 5.11 Å². The van der Waals surface area contributed by atoms with Gasteiger partial charge in [0, 0.05) is 25.7 Å². The lowest BCUT2D eigenvalue weighted by Gasteiger charge is -2.31. The molecule has 0 bridgehead atoms. The molecule has 0 aromatic rings. The summed E-state index contributed by atoms with van der Waals surface area (Å²) >= 11 is 0. The van der Waals surface area contributed by atoms with E-state index in [-0.39, 0.29) is 18.6 Å². The monoisotopic (exact) mass is 292 g/mol. The third kappa shape index (κ3) is 5.77. The Hall–Kier alpha value is -0.170. The van der Waals surface area contributed by atoms with Gasteiger partial charge in [-0.15, -0.1) is 0 Å². The van der Waals surface area contributed by atoms with Crippen LogP contribution in [0, 0.1) is 5.92 Å². The number of nitrogens with one attached hydrogen (secondary N) is 1. The molecular formula is C13H28N2O3S. The van der Waals surface area contributed by atoms with E-state index in [0.29, 0.717) is 13.1 Å². The highest BCUT2D eigenvalue weighted by molar-refractivity contribution is 7.87. The van der Waals surface area contributed by atoms with Crippen molar-refractivity contribution in [2.45, 2.75) is 58.4 Å². The van der Waals surface area contributed by atoms with Gasteiger partial charge in [-0.2, -0.15) is 17.4 Å². The van der Waals surface area contributed by atoms with Crippen molar-refractivity contribution >= 4 is 10.2 Å². The summed E-state index contributed by atoms with van der Waals surface area (Å²) < 4.78 is 28.6. The van der Waals surface area contributed by atoms with Crippen molar-refractivity contribution in [3.05, 3.63) is 0 Å². The first kappa shape index (κ1) is 16.9. The molecule has 1 unspecified atom stereocenters. The summed E-state index contributed by atoms with van der Waals surface area (Å²) in [5.74, 6) is 0.258. The van der Waals surface area contributed by atoms with Crippen LogP contribution in [0.3, 0.4) is 0 Å². The summed E-state index contributed by atoms with van der Waals surface area (Å²) in [6, 6.07) is -0.00730. The van der Waals surface area contributed by atoms with Gasteiger partial charge in [0.2, 0.25) is 0 Å². The molecule has 2 N–H and O–H groups in total. The molecule has 0 radical (unpaired) electrons. The maximum atomic E-state index is 12.2. The van der Waals surface area contributed by atoms with Crippen molar-refractivity contribution in [3.63, 3.8) is 0 Å². The van der Waals surface area contributed by atoms with Gasteiger partial charge in [0.1, 0.15) is 0 Å². The van der Waals surface area contributed by atoms with Crippen LogP contribution in [-0.2, 0) is 10.2 Å². The van der Waals surface area contributed by atoms with Crippen LogP contribution in [0.1, 0.15) is 52.4 Å². The molecule has 0 amide bonds. The first-order valence-electron chi connectivity index (χ1n) is 7.37. The summed E-state index contributed by atoms with van der Waals surface area (Å²) in [5.41, 5.74) is 0. The zero-order chi connectivity index (χ0) is 14.3. The molecular weight excluding hydrogens is 264 g/mol. The van der Waals surface area contributed by atoms with Gasteiger partial charge in [0.25, 0.3) is 10.2 Å². The Bertz CT molecular complexity index is 338. The van der Waals surface area contributed by atoms with E-state index in [2.05, 4.69) is 11.6 Å².